The highest BCUT2D eigenvalue weighted by Gasteiger charge is 2.23. The van der Waals surface area contributed by atoms with E-state index in [1.807, 2.05) is 30.3 Å². The average molecular weight is 298 g/mol. The Morgan fingerprint density at radius 3 is 2.75 bits per heavy atom. The Bertz CT molecular complexity index is 498. The van der Waals surface area contributed by atoms with Crippen molar-refractivity contribution in [1.82, 2.24) is 9.62 Å². The van der Waals surface area contributed by atoms with E-state index in [0.717, 1.165) is 12.1 Å². The Kier molecular flexibility index (Phi) is 5.54. The Labute approximate surface area is 121 Å². The molecule has 5 nitrogen and oxygen atoms in total. The van der Waals surface area contributed by atoms with Crippen LogP contribution >= 0.6 is 0 Å². The fourth-order valence-corrected chi connectivity index (χ4v) is 3.38. The molecule has 1 aromatic carbocycles. The molecule has 1 saturated heterocycles. The summed E-state index contributed by atoms with van der Waals surface area (Å²) in [6.45, 7) is 2.59. The molecule has 20 heavy (non-hydrogen) atoms. The van der Waals surface area contributed by atoms with E-state index in [-0.39, 0.29) is 11.9 Å². The van der Waals surface area contributed by atoms with Gasteiger partial charge in [-0.15, -0.1) is 0 Å². The summed E-state index contributed by atoms with van der Waals surface area (Å²) in [5.41, 5.74) is 1.04. The molecule has 1 N–H and O–H groups in total. The van der Waals surface area contributed by atoms with Gasteiger partial charge in [-0.05, 0) is 12.0 Å². The number of sulfonamides is 1. The predicted octanol–water partition coefficient (Wildman–Crippen LogP) is 0.479. The lowest BCUT2D eigenvalue weighted by Gasteiger charge is -2.27. The molecule has 1 aliphatic rings. The van der Waals surface area contributed by atoms with Crippen molar-refractivity contribution >= 4 is 10.0 Å². The van der Waals surface area contributed by atoms with Crippen molar-refractivity contribution in [3.8, 4) is 0 Å². The van der Waals surface area contributed by atoms with Gasteiger partial charge >= 0.3 is 0 Å². The molecule has 0 spiro atoms. The number of nitrogens with zero attached hydrogens (tertiary/aromatic N) is 1. The van der Waals surface area contributed by atoms with Crippen molar-refractivity contribution in [2.75, 3.05) is 39.0 Å². The zero-order valence-corrected chi connectivity index (χ0v) is 12.6. The van der Waals surface area contributed by atoms with Crippen molar-refractivity contribution in [2.24, 2.45) is 0 Å². The van der Waals surface area contributed by atoms with Crippen LogP contribution in [-0.2, 0) is 21.2 Å². The maximum absolute atomic E-state index is 12.2. The van der Waals surface area contributed by atoms with Crippen LogP contribution < -0.4 is 5.32 Å². The molecule has 0 saturated carbocycles. The van der Waals surface area contributed by atoms with Crippen LogP contribution in [0.3, 0.4) is 0 Å². The standard InChI is InChI=1S/C14H22N2O3S/c1-16(12-14-11-15-8-9-19-14)20(17,18)10-7-13-5-3-2-4-6-13/h2-6,14-15H,7-12H2,1H3. The Morgan fingerprint density at radius 2 is 2.10 bits per heavy atom. The second-order valence-corrected chi connectivity index (χ2v) is 7.22. The minimum absolute atomic E-state index is 0.0553. The van der Waals surface area contributed by atoms with Gasteiger partial charge in [0.05, 0.1) is 18.5 Å². The summed E-state index contributed by atoms with van der Waals surface area (Å²) in [6.07, 6.45) is 0.484. The van der Waals surface area contributed by atoms with Gasteiger partial charge in [0.1, 0.15) is 0 Å². The van der Waals surface area contributed by atoms with Crippen LogP contribution in [-0.4, -0.2) is 57.9 Å². The molecule has 0 aromatic heterocycles. The van der Waals surface area contributed by atoms with Crippen LogP contribution in [0.2, 0.25) is 0 Å². The van der Waals surface area contributed by atoms with Gasteiger partial charge in [0.25, 0.3) is 0 Å². The molecular weight excluding hydrogens is 276 g/mol. The van der Waals surface area contributed by atoms with E-state index in [4.69, 9.17) is 4.74 Å². The first-order valence-electron chi connectivity index (χ1n) is 6.88. The molecule has 1 atom stereocenters. The summed E-state index contributed by atoms with van der Waals surface area (Å²) < 4.78 is 31.4. The SMILES string of the molecule is CN(CC1CNCCO1)S(=O)(=O)CCc1ccccc1. The summed E-state index contributed by atoms with van der Waals surface area (Å²) in [6, 6.07) is 9.67. The van der Waals surface area contributed by atoms with Gasteiger partial charge in [0, 0.05) is 26.7 Å². The lowest BCUT2D eigenvalue weighted by molar-refractivity contribution is 0.0206. The molecule has 0 amide bonds. The maximum Gasteiger partial charge on any atom is 0.214 e. The highest BCUT2D eigenvalue weighted by molar-refractivity contribution is 7.89. The highest BCUT2D eigenvalue weighted by Crippen LogP contribution is 2.07. The van der Waals surface area contributed by atoms with Gasteiger partial charge in [0.15, 0.2) is 0 Å². The summed E-state index contributed by atoms with van der Waals surface area (Å²) in [7, 11) is -1.61. The first-order chi connectivity index (χ1) is 9.58. The second-order valence-electron chi connectivity index (χ2n) is 5.03. The third-order valence-corrected chi connectivity index (χ3v) is 5.25. The zero-order valence-electron chi connectivity index (χ0n) is 11.8. The van der Waals surface area contributed by atoms with Gasteiger partial charge in [-0.3, -0.25) is 0 Å². The molecule has 0 bridgehead atoms. The highest BCUT2D eigenvalue weighted by atomic mass is 32.2. The molecular formula is C14H22N2O3S. The summed E-state index contributed by atoms with van der Waals surface area (Å²) in [4.78, 5) is 0. The number of rotatable bonds is 6. The molecule has 112 valence electrons. The summed E-state index contributed by atoms with van der Waals surface area (Å²) in [5.74, 6) is 0.133. The van der Waals surface area contributed by atoms with E-state index in [2.05, 4.69) is 5.32 Å². The smallest absolute Gasteiger partial charge is 0.214 e. The van der Waals surface area contributed by atoms with E-state index in [9.17, 15) is 8.42 Å². The minimum Gasteiger partial charge on any atom is -0.374 e. The number of nitrogens with one attached hydrogen (secondary N) is 1. The van der Waals surface area contributed by atoms with Crippen LogP contribution in [0.1, 0.15) is 5.56 Å². The van der Waals surface area contributed by atoms with Gasteiger partial charge in [-0.25, -0.2) is 12.7 Å². The van der Waals surface area contributed by atoms with E-state index < -0.39 is 10.0 Å². The second kappa shape index (κ2) is 7.17. The van der Waals surface area contributed by atoms with Crippen molar-refractivity contribution in [1.29, 1.82) is 0 Å². The Morgan fingerprint density at radius 1 is 1.35 bits per heavy atom. The molecule has 1 heterocycles. The van der Waals surface area contributed by atoms with Crippen LogP contribution in [0.15, 0.2) is 30.3 Å². The number of likely N-dealkylation sites (N-methyl/N-ethyl adjacent to an activating group) is 1. The van der Waals surface area contributed by atoms with Gasteiger partial charge in [-0.1, -0.05) is 30.3 Å². The van der Waals surface area contributed by atoms with Crippen molar-refractivity contribution in [2.45, 2.75) is 12.5 Å². The summed E-state index contributed by atoms with van der Waals surface area (Å²) >= 11 is 0. The largest absolute Gasteiger partial charge is 0.374 e. The Hall–Kier alpha value is -0.950. The predicted molar refractivity (Wildman–Crippen MR) is 79.2 cm³/mol. The van der Waals surface area contributed by atoms with Crippen LogP contribution in [0, 0.1) is 0 Å². The monoisotopic (exact) mass is 298 g/mol. The number of hydrogen-bond donors (Lipinski definition) is 1. The fraction of sp³-hybridized carbons (Fsp3) is 0.571. The van der Waals surface area contributed by atoms with E-state index in [1.54, 1.807) is 7.05 Å². The fourth-order valence-electron chi connectivity index (χ4n) is 2.18. The third-order valence-electron chi connectivity index (χ3n) is 3.43. The number of morpholine rings is 1. The average Bonchev–Trinajstić information content (AvgIpc) is 2.47. The lowest BCUT2D eigenvalue weighted by atomic mass is 10.2. The number of benzene rings is 1. The summed E-state index contributed by atoms with van der Waals surface area (Å²) in [5, 5.41) is 3.20. The molecule has 6 heteroatoms. The number of aryl methyl sites for hydroxylation is 1. The molecule has 1 aliphatic heterocycles. The molecule has 0 radical (unpaired) electrons. The number of hydrogen-bond acceptors (Lipinski definition) is 4. The molecule has 0 aliphatic carbocycles. The van der Waals surface area contributed by atoms with Crippen LogP contribution in [0.25, 0.3) is 0 Å². The molecule has 2 rings (SSSR count). The first-order valence-corrected chi connectivity index (χ1v) is 8.49. The molecule has 1 aromatic rings. The van der Waals surface area contributed by atoms with Crippen LogP contribution in [0.4, 0.5) is 0 Å². The topological polar surface area (TPSA) is 58.6 Å². The van der Waals surface area contributed by atoms with Crippen molar-refractivity contribution < 1.29 is 13.2 Å². The lowest BCUT2D eigenvalue weighted by Crippen LogP contribution is -2.46. The van der Waals surface area contributed by atoms with Gasteiger partial charge in [0.2, 0.25) is 10.0 Å². The van der Waals surface area contributed by atoms with Gasteiger partial charge < -0.3 is 10.1 Å². The molecule has 1 unspecified atom stereocenters. The normalized spacial score (nSPS) is 20.2. The number of ether oxygens (including phenoxy) is 1. The minimum atomic E-state index is -3.23. The zero-order chi connectivity index (χ0) is 14.4. The quantitative estimate of drug-likeness (QED) is 0.830. The molecule has 1 fully saturated rings. The van der Waals surface area contributed by atoms with Crippen LogP contribution in [0.5, 0.6) is 0 Å². The van der Waals surface area contributed by atoms with Crippen molar-refractivity contribution in [3.05, 3.63) is 35.9 Å². The van der Waals surface area contributed by atoms with Gasteiger partial charge in [-0.2, -0.15) is 0 Å². The first kappa shape index (κ1) is 15.4. The maximum atomic E-state index is 12.2. The Balaban J connectivity index is 1.85. The van der Waals surface area contributed by atoms with E-state index in [1.165, 1.54) is 4.31 Å². The van der Waals surface area contributed by atoms with E-state index >= 15 is 0 Å². The third kappa shape index (κ3) is 4.56. The van der Waals surface area contributed by atoms with Crippen molar-refractivity contribution in [3.63, 3.8) is 0 Å². The van der Waals surface area contributed by atoms with E-state index in [0.29, 0.717) is 26.1 Å².